The highest BCUT2D eigenvalue weighted by Gasteiger charge is 2.09. The van der Waals surface area contributed by atoms with Crippen LogP contribution in [0.5, 0.6) is 5.75 Å². The first-order valence-corrected chi connectivity index (χ1v) is 10.6. The summed E-state index contributed by atoms with van der Waals surface area (Å²) in [6.45, 7) is 2.13. The zero-order valence-corrected chi connectivity index (χ0v) is 18.1. The molecule has 0 radical (unpaired) electrons. The van der Waals surface area contributed by atoms with E-state index in [4.69, 9.17) is 4.74 Å². The Kier molecular flexibility index (Phi) is 6.81. The molecule has 0 unspecified atom stereocenters. The first kappa shape index (κ1) is 21.8. The molecule has 0 heterocycles. The highest BCUT2D eigenvalue weighted by molar-refractivity contribution is 5.91. The third kappa shape index (κ3) is 5.66. The first-order chi connectivity index (χ1) is 16.1. The fourth-order valence-electron chi connectivity index (χ4n) is 3.21. The molecule has 0 aliphatic heterocycles. The highest BCUT2D eigenvalue weighted by Crippen LogP contribution is 2.24. The minimum atomic E-state index is -0.424. The number of rotatable bonds is 7. The second kappa shape index (κ2) is 10.3. The number of nitrogens with zero attached hydrogens (tertiary/aromatic N) is 2. The topological polar surface area (TPSA) is 68.1 Å². The average molecular weight is 434 g/mol. The van der Waals surface area contributed by atoms with Crippen molar-refractivity contribution in [1.29, 1.82) is 0 Å². The Morgan fingerprint density at radius 2 is 1.24 bits per heavy atom. The Morgan fingerprint density at radius 3 is 1.76 bits per heavy atom. The molecule has 0 saturated heterocycles. The van der Waals surface area contributed by atoms with E-state index in [-0.39, 0.29) is 0 Å². The van der Waals surface area contributed by atoms with E-state index < -0.39 is 5.97 Å². The van der Waals surface area contributed by atoms with Gasteiger partial charge < -0.3 is 4.74 Å². The van der Waals surface area contributed by atoms with Gasteiger partial charge in [0.15, 0.2) is 0 Å². The Labute approximate surface area is 192 Å². The van der Waals surface area contributed by atoms with E-state index in [0.29, 0.717) is 28.3 Å². The molecule has 0 aliphatic rings. The summed E-state index contributed by atoms with van der Waals surface area (Å²) in [7, 11) is 0. The molecule has 0 aliphatic carbocycles. The lowest BCUT2D eigenvalue weighted by atomic mass is 10.0. The zero-order chi connectivity index (χ0) is 23.0. The van der Waals surface area contributed by atoms with Crippen molar-refractivity contribution in [1.82, 2.24) is 0 Å². The molecule has 0 bridgehead atoms. The minimum absolute atomic E-state index is 0.424. The maximum atomic E-state index is 12.5. The molecule has 5 nitrogen and oxygen atoms in total. The lowest BCUT2D eigenvalue weighted by Crippen LogP contribution is -2.08. The first-order valence-electron chi connectivity index (χ1n) is 10.6. The van der Waals surface area contributed by atoms with Crippen molar-refractivity contribution < 1.29 is 14.3 Å². The van der Waals surface area contributed by atoms with Crippen LogP contribution in [-0.2, 0) is 6.42 Å². The predicted octanol–water partition coefficient (Wildman–Crippen LogP) is 7.36. The molecular formula is C28H22N2O3. The maximum Gasteiger partial charge on any atom is 0.343 e. The molecule has 0 spiro atoms. The largest absolute Gasteiger partial charge is 0.423 e. The van der Waals surface area contributed by atoms with Gasteiger partial charge in [0, 0.05) is 5.56 Å². The van der Waals surface area contributed by atoms with E-state index in [0.717, 1.165) is 23.8 Å². The Morgan fingerprint density at radius 1 is 0.727 bits per heavy atom. The van der Waals surface area contributed by atoms with Crippen molar-refractivity contribution in [2.24, 2.45) is 10.2 Å². The summed E-state index contributed by atoms with van der Waals surface area (Å²) in [5, 5.41) is 8.29. The number of ether oxygens (including phenoxy) is 1. The van der Waals surface area contributed by atoms with Crippen LogP contribution in [0.25, 0.3) is 11.1 Å². The van der Waals surface area contributed by atoms with Gasteiger partial charge in [-0.2, -0.15) is 10.2 Å². The Bertz CT molecular complexity index is 1260. The molecule has 4 rings (SSSR count). The fraction of sp³-hybridized carbons (Fsp3) is 0.0714. The molecule has 0 aromatic heterocycles. The van der Waals surface area contributed by atoms with E-state index >= 15 is 0 Å². The van der Waals surface area contributed by atoms with E-state index in [1.807, 2.05) is 12.1 Å². The molecule has 5 heteroatoms. The number of hydrogen-bond acceptors (Lipinski definition) is 5. The summed E-state index contributed by atoms with van der Waals surface area (Å²) in [4.78, 5) is 23.2. The number of hydrogen-bond donors (Lipinski definition) is 0. The van der Waals surface area contributed by atoms with Gasteiger partial charge in [0.05, 0.1) is 16.9 Å². The highest BCUT2D eigenvalue weighted by atomic mass is 16.5. The normalized spacial score (nSPS) is 10.8. The number of aldehydes is 1. The third-order valence-electron chi connectivity index (χ3n) is 5.17. The third-order valence-corrected chi connectivity index (χ3v) is 5.17. The van der Waals surface area contributed by atoms with Crippen LogP contribution in [0.2, 0.25) is 0 Å². The summed E-state index contributed by atoms with van der Waals surface area (Å²) in [5.41, 5.74) is 5.77. The van der Waals surface area contributed by atoms with Crippen LogP contribution in [-0.4, -0.2) is 12.3 Å². The van der Waals surface area contributed by atoms with E-state index in [1.165, 1.54) is 5.56 Å². The molecule has 33 heavy (non-hydrogen) atoms. The number of esters is 1. The van der Waals surface area contributed by atoms with Crippen molar-refractivity contribution in [3.8, 4) is 16.9 Å². The molecule has 0 amide bonds. The number of benzene rings is 4. The van der Waals surface area contributed by atoms with Crippen LogP contribution in [0, 0.1) is 0 Å². The van der Waals surface area contributed by atoms with Gasteiger partial charge in [-0.25, -0.2) is 4.79 Å². The lowest BCUT2D eigenvalue weighted by Gasteiger charge is -2.07. The summed E-state index contributed by atoms with van der Waals surface area (Å²) in [6, 6.07) is 29.4. The smallest absolute Gasteiger partial charge is 0.343 e. The summed E-state index contributed by atoms with van der Waals surface area (Å²) < 4.78 is 5.48. The molecule has 0 fully saturated rings. The number of azo groups is 1. The predicted molar refractivity (Wildman–Crippen MR) is 129 cm³/mol. The van der Waals surface area contributed by atoms with E-state index in [9.17, 15) is 9.59 Å². The van der Waals surface area contributed by atoms with Crippen LogP contribution < -0.4 is 4.74 Å². The van der Waals surface area contributed by atoms with Gasteiger partial charge in [0.1, 0.15) is 12.0 Å². The van der Waals surface area contributed by atoms with Crippen LogP contribution in [0.4, 0.5) is 11.4 Å². The van der Waals surface area contributed by atoms with Crippen molar-refractivity contribution in [2.75, 3.05) is 0 Å². The Balaban J connectivity index is 1.37. The number of carbonyl (C=O) groups is 2. The lowest BCUT2D eigenvalue weighted by molar-refractivity contribution is 0.0734. The van der Waals surface area contributed by atoms with Crippen LogP contribution >= 0.6 is 0 Å². The second-order valence-electron chi connectivity index (χ2n) is 7.42. The average Bonchev–Trinajstić information content (AvgIpc) is 2.88. The number of aryl methyl sites for hydroxylation is 1. The standard InChI is InChI=1S/C28H22N2O3/c1-2-20-3-7-22(8-4-20)23-9-11-24(12-10-23)28(32)33-27-17-15-26(16-18-27)30-29-25-13-5-21(19-31)6-14-25/h3-19H,2H2,1H3. The summed E-state index contributed by atoms with van der Waals surface area (Å²) in [6.07, 6.45) is 1.78. The van der Waals surface area contributed by atoms with Crippen LogP contribution in [0.3, 0.4) is 0 Å². The molecule has 162 valence electrons. The molecular weight excluding hydrogens is 412 g/mol. The molecule has 4 aromatic carbocycles. The van der Waals surface area contributed by atoms with Crippen molar-refractivity contribution in [3.63, 3.8) is 0 Å². The molecule has 4 aromatic rings. The zero-order valence-electron chi connectivity index (χ0n) is 18.1. The van der Waals surface area contributed by atoms with Crippen LogP contribution in [0.15, 0.2) is 107 Å². The van der Waals surface area contributed by atoms with Crippen LogP contribution in [0.1, 0.15) is 33.2 Å². The van der Waals surface area contributed by atoms with Crippen molar-refractivity contribution in [3.05, 3.63) is 114 Å². The SMILES string of the molecule is CCc1ccc(-c2ccc(C(=O)Oc3ccc(N=Nc4ccc(C=O)cc4)cc3)cc2)cc1. The van der Waals surface area contributed by atoms with E-state index in [2.05, 4.69) is 41.4 Å². The van der Waals surface area contributed by atoms with Gasteiger partial charge in [0.2, 0.25) is 0 Å². The monoisotopic (exact) mass is 434 g/mol. The Hall–Kier alpha value is -4.38. The quantitative estimate of drug-likeness (QED) is 0.132. The summed E-state index contributed by atoms with van der Waals surface area (Å²) in [5.74, 6) is 0.000964. The molecule has 0 atom stereocenters. The van der Waals surface area contributed by atoms with Gasteiger partial charge in [0.25, 0.3) is 0 Å². The van der Waals surface area contributed by atoms with Gasteiger partial charge in [-0.15, -0.1) is 0 Å². The number of carbonyl (C=O) groups excluding carboxylic acids is 2. The van der Waals surface area contributed by atoms with Gasteiger partial charge in [-0.1, -0.05) is 43.3 Å². The minimum Gasteiger partial charge on any atom is -0.423 e. The fourth-order valence-corrected chi connectivity index (χ4v) is 3.21. The van der Waals surface area contributed by atoms with Crippen molar-refractivity contribution in [2.45, 2.75) is 13.3 Å². The second-order valence-corrected chi connectivity index (χ2v) is 7.42. The van der Waals surface area contributed by atoms with Crippen molar-refractivity contribution >= 4 is 23.6 Å². The van der Waals surface area contributed by atoms with Gasteiger partial charge in [-0.05, 0) is 83.8 Å². The molecule has 0 N–H and O–H groups in total. The summed E-state index contributed by atoms with van der Waals surface area (Å²) >= 11 is 0. The maximum absolute atomic E-state index is 12.5. The van der Waals surface area contributed by atoms with Gasteiger partial charge >= 0.3 is 5.97 Å². The van der Waals surface area contributed by atoms with E-state index in [1.54, 1.807) is 60.7 Å². The van der Waals surface area contributed by atoms with Gasteiger partial charge in [-0.3, -0.25) is 4.79 Å². The molecule has 0 saturated carbocycles.